The Kier molecular flexibility index (Phi) is 4.11. The quantitative estimate of drug-likeness (QED) is 0.711. The Labute approximate surface area is 93.7 Å². The largest absolute Gasteiger partial charge is 0.207 e. The van der Waals surface area contributed by atoms with Gasteiger partial charge in [-0.2, -0.15) is 0 Å². The summed E-state index contributed by atoms with van der Waals surface area (Å²) in [7, 11) is 0. The number of benzene rings is 1. The zero-order chi connectivity index (χ0) is 10.6. The second kappa shape index (κ2) is 4.92. The number of halogens is 2. The molecule has 1 aromatic rings. The summed E-state index contributed by atoms with van der Waals surface area (Å²) in [6.07, 6.45) is 2.12. The number of rotatable bonds is 4. The van der Waals surface area contributed by atoms with Crippen molar-refractivity contribution in [3.8, 4) is 0 Å². The molecule has 0 fully saturated rings. The average Bonchev–Trinajstić information content (AvgIpc) is 2.21. The van der Waals surface area contributed by atoms with Crippen LogP contribution in [0.3, 0.4) is 0 Å². The number of hydrogen-bond donors (Lipinski definition) is 0. The first-order valence-electron chi connectivity index (χ1n) is 4.90. The van der Waals surface area contributed by atoms with Crippen LogP contribution in [0.25, 0.3) is 0 Å². The minimum atomic E-state index is -0.161. The van der Waals surface area contributed by atoms with Gasteiger partial charge in [0, 0.05) is 5.33 Å². The molecule has 0 aromatic heterocycles. The molecule has 0 bridgehead atoms. The van der Waals surface area contributed by atoms with Crippen LogP contribution in [-0.2, 0) is 6.42 Å². The van der Waals surface area contributed by atoms with E-state index in [2.05, 4.69) is 29.8 Å². The Morgan fingerprint density at radius 3 is 2.29 bits per heavy atom. The minimum absolute atomic E-state index is 0.161. The Morgan fingerprint density at radius 1 is 1.29 bits per heavy atom. The molecule has 0 aliphatic rings. The van der Waals surface area contributed by atoms with Gasteiger partial charge in [0.1, 0.15) is 5.82 Å². The molecule has 14 heavy (non-hydrogen) atoms. The van der Waals surface area contributed by atoms with Crippen molar-refractivity contribution in [2.75, 3.05) is 5.33 Å². The Morgan fingerprint density at radius 2 is 1.86 bits per heavy atom. The SMILES string of the molecule is CCC(C)(CBr)Cc1ccc(F)cc1. The Bertz CT molecular complexity index is 275. The van der Waals surface area contributed by atoms with E-state index >= 15 is 0 Å². The van der Waals surface area contributed by atoms with Crippen molar-refractivity contribution in [3.63, 3.8) is 0 Å². The molecule has 0 spiro atoms. The van der Waals surface area contributed by atoms with E-state index in [4.69, 9.17) is 0 Å². The molecule has 0 saturated carbocycles. The predicted octanol–water partition coefficient (Wildman–Crippen LogP) is 4.18. The molecule has 1 atom stereocenters. The lowest BCUT2D eigenvalue weighted by Gasteiger charge is -2.25. The van der Waals surface area contributed by atoms with Crippen molar-refractivity contribution in [2.45, 2.75) is 26.7 Å². The molecule has 1 rings (SSSR count). The molecule has 0 aliphatic heterocycles. The maximum atomic E-state index is 12.7. The van der Waals surface area contributed by atoms with Crippen molar-refractivity contribution in [3.05, 3.63) is 35.6 Å². The molecule has 0 aliphatic carbocycles. The normalized spacial score (nSPS) is 15.1. The summed E-state index contributed by atoms with van der Waals surface area (Å²) >= 11 is 3.53. The van der Waals surface area contributed by atoms with E-state index in [1.807, 2.05) is 12.1 Å². The lowest BCUT2D eigenvalue weighted by Crippen LogP contribution is -2.20. The summed E-state index contributed by atoms with van der Waals surface area (Å²) < 4.78 is 12.7. The summed E-state index contributed by atoms with van der Waals surface area (Å²) in [6, 6.07) is 6.79. The van der Waals surface area contributed by atoms with Gasteiger partial charge >= 0.3 is 0 Å². The molecule has 0 saturated heterocycles. The van der Waals surface area contributed by atoms with Crippen LogP contribution in [0.4, 0.5) is 4.39 Å². The highest BCUT2D eigenvalue weighted by atomic mass is 79.9. The van der Waals surface area contributed by atoms with E-state index in [9.17, 15) is 4.39 Å². The van der Waals surface area contributed by atoms with Gasteiger partial charge in [-0.3, -0.25) is 0 Å². The zero-order valence-electron chi connectivity index (χ0n) is 8.69. The van der Waals surface area contributed by atoms with Crippen LogP contribution < -0.4 is 0 Å². The van der Waals surface area contributed by atoms with Gasteiger partial charge in [0.2, 0.25) is 0 Å². The minimum Gasteiger partial charge on any atom is -0.207 e. The third-order valence-electron chi connectivity index (χ3n) is 2.72. The number of alkyl halides is 1. The second-order valence-electron chi connectivity index (χ2n) is 4.10. The van der Waals surface area contributed by atoms with Gasteiger partial charge < -0.3 is 0 Å². The number of hydrogen-bond acceptors (Lipinski definition) is 0. The lowest BCUT2D eigenvalue weighted by atomic mass is 9.83. The summed E-state index contributed by atoms with van der Waals surface area (Å²) in [4.78, 5) is 0. The van der Waals surface area contributed by atoms with Gasteiger partial charge in [0.15, 0.2) is 0 Å². The lowest BCUT2D eigenvalue weighted by molar-refractivity contribution is 0.361. The topological polar surface area (TPSA) is 0 Å². The third-order valence-corrected chi connectivity index (χ3v) is 4.07. The third kappa shape index (κ3) is 3.09. The molecule has 1 unspecified atom stereocenters. The molecule has 2 heteroatoms. The second-order valence-corrected chi connectivity index (χ2v) is 4.66. The Hall–Kier alpha value is -0.370. The molecule has 0 N–H and O–H groups in total. The molecule has 0 radical (unpaired) electrons. The molecule has 78 valence electrons. The van der Waals surface area contributed by atoms with E-state index in [0.29, 0.717) is 0 Å². The van der Waals surface area contributed by atoms with Gasteiger partial charge in [-0.25, -0.2) is 4.39 Å². The van der Waals surface area contributed by atoms with Crippen LogP contribution in [0.15, 0.2) is 24.3 Å². The fourth-order valence-electron chi connectivity index (χ4n) is 1.36. The first-order valence-corrected chi connectivity index (χ1v) is 6.02. The van der Waals surface area contributed by atoms with Crippen LogP contribution in [0.2, 0.25) is 0 Å². The highest BCUT2D eigenvalue weighted by Crippen LogP contribution is 2.28. The highest BCUT2D eigenvalue weighted by Gasteiger charge is 2.20. The molecule has 0 nitrogen and oxygen atoms in total. The summed E-state index contributed by atoms with van der Waals surface area (Å²) in [5.74, 6) is -0.161. The summed E-state index contributed by atoms with van der Waals surface area (Å²) in [6.45, 7) is 4.43. The van der Waals surface area contributed by atoms with Gasteiger partial charge in [-0.1, -0.05) is 41.9 Å². The maximum absolute atomic E-state index is 12.7. The predicted molar refractivity (Wildman–Crippen MR) is 62.3 cm³/mol. The standard InChI is InChI=1S/C12H16BrF/c1-3-12(2,9-13)8-10-4-6-11(14)7-5-10/h4-7H,3,8-9H2,1-2H3. The fraction of sp³-hybridized carbons (Fsp3) is 0.500. The van der Waals surface area contributed by atoms with E-state index in [0.717, 1.165) is 18.2 Å². The van der Waals surface area contributed by atoms with E-state index in [-0.39, 0.29) is 11.2 Å². The van der Waals surface area contributed by atoms with Crippen LogP contribution in [0.1, 0.15) is 25.8 Å². The summed E-state index contributed by atoms with van der Waals surface area (Å²) in [5, 5.41) is 0.980. The molecule has 1 aromatic carbocycles. The van der Waals surface area contributed by atoms with Crippen LogP contribution >= 0.6 is 15.9 Å². The highest BCUT2D eigenvalue weighted by molar-refractivity contribution is 9.09. The fourth-order valence-corrected chi connectivity index (χ4v) is 1.96. The smallest absolute Gasteiger partial charge is 0.123 e. The van der Waals surface area contributed by atoms with Gasteiger partial charge in [0.25, 0.3) is 0 Å². The monoisotopic (exact) mass is 258 g/mol. The van der Waals surface area contributed by atoms with Crippen LogP contribution in [0.5, 0.6) is 0 Å². The average molecular weight is 259 g/mol. The van der Waals surface area contributed by atoms with Crippen molar-refractivity contribution < 1.29 is 4.39 Å². The maximum Gasteiger partial charge on any atom is 0.123 e. The molecular formula is C12H16BrF. The van der Waals surface area contributed by atoms with Gasteiger partial charge in [-0.15, -0.1) is 0 Å². The zero-order valence-corrected chi connectivity index (χ0v) is 10.3. The first-order chi connectivity index (χ1) is 6.59. The molecular weight excluding hydrogens is 243 g/mol. The molecule has 0 amide bonds. The Balaban J connectivity index is 2.72. The van der Waals surface area contributed by atoms with Crippen molar-refractivity contribution in [2.24, 2.45) is 5.41 Å². The first kappa shape index (κ1) is 11.7. The van der Waals surface area contributed by atoms with Crippen molar-refractivity contribution in [1.82, 2.24) is 0 Å². The van der Waals surface area contributed by atoms with E-state index < -0.39 is 0 Å². The van der Waals surface area contributed by atoms with Crippen molar-refractivity contribution in [1.29, 1.82) is 0 Å². The van der Waals surface area contributed by atoms with Crippen LogP contribution in [0, 0.1) is 11.2 Å². The van der Waals surface area contributed by atoms with Gasteiger partial charge in [0.05, 0.1) is 0 Å². The van der Waals surface area contributed by atoms with Gasteiger partial charge in [-0.05, 0) is 36.0 Å². The van der Waals surface area contributed by atoms with E-state index in [1.54, 1.807) is 0 Å². The van der Waals surface area contributed by atoms with Crippen molar-refractivity contribution >= 4 is 15.9 Å². The van der Waals surface area contributed by atoms with Crippen LogP contribution in [-0.4, -0.2) is 5.33 Å². The summed E-state index contributed by atoms with van der Waals surface area (Å²) in [5.41, 5.74) is 1.48. The molecule has 0 heterocycles. The van der Waals surface area contributed by atoms with E-state index in [1.165, 1.54) is 17.7 Å².